The summed E-state index contributed by atoms with van der Waals surface area (Å²) in [5, 5.41) is 12.2. The molecule has 35 heavy (non-hydrogen) atoms. The summed E-state index contributed by atoms with van der Waals surface area (Å²) in [5.74, 6) is 0.844. The third kappa shape index (κ3) is 5.34. The van der Waals surface area contributed by atoms with Crippen molar-refractivity contribution >= 4 is 29.2 Å². The van der Waals surface area contributed by atoms with Crippen LogP contribution in [0.15, 0.2) is 46.9 Å². The van der Waals surface area contributed by atoms with Gasteiger partial charge in [0.05, 0.1) is 12.5 Å². The van der Waals surface area contributed by atoms with Gasteiger partial charge < -0.3 is 19.4 Å². The first-order valence-electron chi connectivity index (χ1n) is 12.0. The molecule has 0 spiro atoms. The second-order valence-electron chi connectivity index (χ2n) is 9.32. The van der Waals surface area contributed by atoms with Crippen molar-refractivity contribution in [3.05, 3.63) is 70.1 Å². The lowest BCUT2D eigenvalue weighted by atomic mass is 10.0. The lowest BCUT2D eigenvalue weighted by Gasteiger charge is -2.40. The van der Waals surface area contributed by atoms with Gasteiger partial charge in [0.25, 0.3) is 5.91 Å². The number of nitrogens with one attached hydrogen (secondary N) is 1. The first-order chi connectivity index (χ1) is 17.0. The van der Waals surface area contributed by atoms with Gasteiger partial charge >= 0.3 is 6.01 Å². The van der Waals surface area contributed by atoms with Gasteiger partial charge in [0.1, 0.15) is 0 Å². The second kappa shape index (κ2) is 10.4. The average Bonchev–Trinajstić information content (AvgIpc) is 3.55. The van der Waals surface area contributed by atoms with Gasteiger partial charge in [-0.15, -0.1) is 5.10 Å². The molecule has 2 atom stereocenters. The van der Waals surface area contributed by atoms with Crippen molar-refractivity contribution in [2.75, 3.05) is 38.2 Å². The van der Waals surface area contributed by atoms with Crippen molar-refractivity contribution in [2.45, 2.75) is 38.8 Å². The Kier molecular flexibility index (Phi) is 7.04. The highest BCUT2D eigenvalue weighted by atomic mass is 35.5. The fraction of sp³-hybridized carbons (Fsp3) is 0.423. The van der Waals surface area contributed by atoms with Crippen molar-refractivity contribution in [1.29, 1.82) is 0 Å². The number of anilines is 2. The molecule has 1 unspecified atom stereocenters. The van der Waals surface area contributed by atoms with Gasteiger partial charge in [-0.2, -0.15) is 0 Å². The maximum Gasteiger partial charge on any atom is 0.320 e. The molecule has 0 aliphatic carbocycles. The van der Waals surface area contributed by atoms with Crippen molar-refractivity contribution in [3.8, 4) is 0 Å². The van der Waals surface area contributed by atoms with E-state index in [0.29, 0.717) is 30.1 Å². The number of amides is 1. The lowest BCUT2D eigenvalue weighted by molar-refractivity contribution is 0.0475. The zero-order valence-electron chi connectivity index (χ0n) is 20.0. The fourth-order valence-electron chi connectivity index (χ4n) is 4.79. The highest BCUT2D eigenvalue weighted by Gasteiger charge is 2.28. The van der Waals surface area contributed by atoms with Crippen molar-refractivity contribution in [2.24, 2.45) is 0 Å². The van der Waals surface area contributed by atoms with Gasteiger partial charge in [0.2, 0.25) is 5.89 Å². The Balaban J connectivity index is 1.25. The number of aromatic nitrogens is 2. The number of hydrogen-bond donors (Lipinski definition) is 1. The number of carbonyl (C=O) groups is 1. The molecule has 0 bridgehead atoms. The fourth-order valence-corrected chi connectivity index (χ4v) is 5.03. The Labute approximate surface area is 210 Å². The van der Waals surface area contributed by atoms with E-state index < -0.39 is 0 Å². The summed E-state index contributed by atoms with van der Waals surface area (Å²) in [4.78, 5) is 17.3. The van der Waals surface area contributed by atoms with E-state index in [-0.39, 0.29) is 17.9 Å². The Morgan fingerprint density at radius 1 is 1.20 bits per heavy atom. The second-order valence-corrected chi connectivity index (χ2v) is 9.75. The Bertz CT molecular complexity index is 1180. The van der Waals surface area contributed by atoms with Crippen LogP contribution in [-0.2, 0) is 11.3 Å². The molecule has 5 rings (SSSR count). The van der Waals surface area contributed by atoms with Gasteiger partial charge in [-0.25, -0.2) is 0 Å². The van der Waals surface area contributed by atoms with E-state index in [2.05, 4.69) is 34.3 Å². The molecule has 2 aliphatic heterocycles. The molecule has 9 heteroatoms. The number of halogens is 1. The Morgan fingerprint density at radius 2 is 2.03 bits per heavy atom. The predicted molar refractivity (Wildman–Crippen MR) is 134 cm³/mol. The molecule has 0 saturated carbocycles. The van der Waals surface area contributed by atoms with E-state index in [1.54, 1.807) is 0 Å². The standard InChI is InChI=1S/C26H30ClN5O3/c1-17-14-31(9-10-32(17)25(33)19-6-4-3-5-7-19)15-21-12-22(27)13-23(18(21)2)28-26-30-29-24(35-26)20-8-11-34-16-20/h3-7,12-13,17,20H,8-11,14-16H2,1-2H3,(H,28,30)/t17-,20?/m0/s1. The molecule has 0 radical (unpaired) electrons. The Morgan fingerprint density at radius 3 is 2.77 bits per heavy atom. The number of hydrogen-bond acceptors (Lipinski definition) is 7. The molecule has 8 nitrogen and oxygen atoms in total. The minimum absolute atomic E-state index is 0.0891. The molecule has 1 N–H and O–H groups in total. The summed E-state index contributed by atoms with van der Waals surface area (Å²) >= 11 is 6.48. The van der Waals surface area contributed by atoms with Crippen LogP contribution in [0.3, 0.4) is 0 Å². The summed E-state index contributed by atoms with van der Waals surface area (Å²) in [6.45, 7) is 8.53. The maximum atomic E-state index is 12.9. The van der Waals surface area contributed by atoms with E-state index in [1.807, 2.05) is 47.4 Å². The summed E-state index contributed by atoms with van der Waals surface area (Å²) in [5.41, 5.74) is 3.78. The highest BCUT2D eigenvalue weighted by Crippen LogP contribution is 2.30. The van der Waals surface area contributed by atoms with Gasteiger partial charge in [0.15, 0.2) is 0 Å². The zero-order chi connectivity index (χ0) is 24.4. The van der Waals surface area contributed by atoms with Crippen LogP contribution in [-0.4, -0.2) is 64.8 Å². The van der Waals surface area contributed by atoms with Gasteiger partial charge in [-0.1, -0.05) is 34.9 Å². The van der Waals surface area contributed by atoms with Crippen LogP contribution in [0.4, 0.5) is 11.7 Å². The van der Waals surface area contributed by atoms with Crippen LogP contribution in [0.25, 0.3) is 0 Å². The third-order valence-electron chi connectivity index (χ3n) is 6.83. The number of nitrogens with zero attached hydrogens (tertiary/aromatic N) is 4. The maximum absolute atomic E-state index is 12.9. The Hall–Kier alpha value is -2.94. The van der Waals surface area contributed by atoms with Crippen LogP contribution >= 0.6 is 11.6 Å². The molecule has 2 fully saturated rings. The quantitative estimate of drug-likeness (QED) is 0.534. The predicted octanol–water partition coefficient (Wildman–Crippen LogP) is 4.63. The zero-order valence-corrected chi connectivity index (χ0v) is 20.8. The first kappa shape index (κ1) is 23.8. The van der Waals surface area contributed by atoms with E-state index in [9.17, 15) is 4.79 Å². The van der Waals surface area contributed by atoms with Crippen LogP contribution < -0.4 is 5.32 Å². The SMILES string of the molecule is Cc1c(CN2CCN(C(=O)c3ccccc3)[C@@H](C)C2)cc(Cl)cc1Nc1nnc(C2CCOC2)o1. The summed E-state index contributed by atoms with van der Waals surface area (Å²) in [7, 11) is 0. The summed E-state index contributed by atoms with van der Waals surface area (Å²) in [6, 6.07) is 13.8. The molecule has 1 amide bonds. The minimum atomic E-state index is 0.0891. The van der Waals surface area contributed by atoms with E-state index in [4.69, 9.17) is 20.8 Å². The van der Waals surface area contributed by atoms with E-state index in [0.717, 1.165) is 55.0 Å². The first-order valence-corrected chi connectivity index (χ1v) is 12.4. The normalized spacial score (nSPS) is 20.8. The number of piperazine rings is 1. The topological polar surface area (TPSA) is 83.7 Å². The van der Waals surface area contributed by atoms with Gasteiger partial charge in [-0.3, -0.25) is 9.69 Å². The van der Waals surface area contributed by atoms with Crippen molar-refractivity contribution in [3.63, 3.8) is 0 Å². The largest absolute Gasteiger partial charge is 0.407 e. The van der Waals surface area contributed by atoms with Crippen LogP contribution in [0.2, 0.25) is 5.02 Å². The molecule has 1 aromatic heterocycles. The number of rotatable bonds is 6. The molecule has 3 aromatic rings. The number of carbonyl (C=O) groups excluding carboxylic acids is 1. The molecule has 2 saturated heterocycles. The molecule has 2 aliphatic rings. The van der Waals surface area contributed by atoms with E-state index >= 15 is 0 Å². The van der Waals surface area contributed by atoms with Gasteiger partial charge in [-0.05, 0) is 55.7 Å². The number of benzene rings is 2. The monoisotopic (exact) mass is 495 g/mol. The van der Waals surface area contributed by atoms with E-state index in [1.165, 1.54) is 0 Å². The average molecular weight is 496 g/mol. The van der Waals surface area contributed by atoms with Gasteiger partial charge in [0, 0.05) is 55.1 Å². The van der Waals surface area contributed by atoms with Crippen LogP contribution in [0.5, 0.6) is 0 Å². The molecular formula is C26H30ClN5O3. The summed E-state index contributed by atoms with van der Waals surface area (Å²) < 4.78 is 11.3. The number of ether oxygens (including phenoxy) is 1. The van der Waals surface area contributed by atoms with Crippen molar-refractivity contribution < 1.29 is 13.9 Å². The molecule has 3 heterocycles. The van der Waals surface area contributed by atoms with Crippen LogP contribution in [0.1, 0.15) is 46.6 Å². The third-order valence-corrected chi connectivity index (χ3v) is 7.05. The lowest BCUT2D eigenvalue weighted by Crippen LogP contribution is -2.53. The summed E-state index contributed by atoms with van der Waals surface area (Å²) in [6.07, 6.45) is 0.893. The molecular weight excluding hydrogens is 466 g/mol. The molecule has 2 aromatic carbocycles. The van der Waals surface area contributed by atoms with Crippen LogP contribution in [0, 0.1) is 6.92 Å². The molecule has 184 valence electrons. The highest BCUT2D eigenvalue weighted by molar-refractivity contribution is 6.31. The minimum Gasteiger partial charge on any atom is -0.407 e. The smallest absolute Gasteiger partial charge is 0.320 e. The van der Waals surface area contributed by atoms with Crippen molar-refractivity contribution in [1.82, 2.24) is 20.0 Å².